The minimum absolute atomic E-state index is 0.105. The Bertz CT molecular complexity index is 899. The second-order valence-corrected chi connectivity index (χ2v) is 7.01. The second-order valence-electron chi connectivity index (χ2n) is 5.92. The third-order valence-corrected chi connectivity index (χ3v) is 5.07. The van der Waals surface area contributed by atoms with Crippen molar-refractivity contribution in [1.82, 2.24) is 24.6 Å². The number of aryl methyl sites for hydroxylation is 2. The minimum atomic E-state index is -0.353. The lowest BCUT2D eigenvalue weighted by Gasteiger charge is -2.15. The van der Waals surface area contributed by atoms with Crippen molar-refractivity contribution < 1.29 is 4.79 Å². The molecule has 0 saturated carbocycles. The van der Waals surface area contributed by atoms with Crippen molar-refractivity contribution >= 4 is 28.2 Å². The molecule has 3 aromatic rings. The highest BCUT2D eigenvalue weighted by Crippen LogP contribution is 2.32. The molecule has 0 spiro atoms. The molecule has 3 heterocycles. The van der Waals surface area contributed by atoms with Gasteiger partial charge in [-0.15, -0.1) is 16.4 Å². The van der Waals surface area contributed by atoms with Gasteiger partial charge >= 0.3 is 0 Å². The Labute approximate surface area is 136 Å². The van der Waals surface area contributed by atoms with Crippen molar-refractivity contribution in [1.29, 1.82) is 0 Å². The molecule has 0 aromatic carbocycles. The van der Waals surface area contributed by atoms with Crippen LogP contribution in [0.4, 0.5) is 5.13 Å². The lowest BCUT2D eigenvalue weighted by molar-refractivity contribution is 0.101. The van der Waals surface area contributed by atoms with E-state index in [1.165, 1.54) is 4.88 Å². The van der Waals surface area contributed by atoms with Crippen LogP contribution in [0.2, 0.25) is 0 Å². The SMILES string of the molecule is Cc1ccnc2nc(C(=O)Nc3nc4c(s3)C[C@@H](C)CC4)nn12. The number of carbonyl (C=O) groups is 1. The van der Waals surface area contributed by atoms with E-state index < -0.39 is 0 Å². The Balaban J connectivity index is 1.58. The van der Waals surface area contributed by atoms with Gasteiger partial charge in [0.15, 0.2) is 5.13 Å². The number of aromatic nitrogens is 5. The van der Waals surface area contributed by atoms with Crippen molar-refractivity contribution in [3.8, 4) is 0 Å². The van der Waals surface area contributed by atoms with Crippen molar-refractivity contribution in [2.45, 2.75) is 33.1 Å². The van der Waals surface area contributed by atoms with Gasteiger partial charge in [-0.05, 0) is 38.2 Å². The van der Waals surface area contributed by atoms with Gasteiger partial charge in [-0.2, -0.15) is 4.98 Å². The number of hydrogen-bond acceptors (Lipinski definition) is 6. The third kappa shape index (κ3) is 2.59. The van der Waals surface area contributed by atoms with Crippen LogP contribution in [0, 0.1) is 12.8 Å². The monoisotopic (exact) mass is 328 g/mol. The standard InChI is InChI=1S/C15H16N6OS/c1-8-3-4-10-11(7-8)23-15(17-10)19-13(22)12-18-14-16-6-5-9(2)21(14)20-12/h5-6,8H,3-4,7H2,1-2H3,(H,17,19,22)/t8-/m0/s1. The summed E-state index contributed by atoms with van der Waals surface area (Å²) in [7, 11) is 0. The van der Waals surface area contributed by atoms with E-state index in [-0.39, 0.29) is 11.7 Å². The van der Waals surface area contributed by atoms with Gasteiger partial charge in [-0.25, -0.2) is 14.5 Å². The number of hydrogen-bond donors (Lipinski definition) is 1. The molecule has 1 N–H and O–H groups in total. The molecule has 8 heteroatoms. The van der Waals surface area contributed by atoms with Crippen LogP contribution in [0.15, 0.2) is 12.3 Å². The van der Waals surface area contributed by atoms with E-state index in [0.717, 1.165) is 30.7 Å². The number of anilines is 1. The summed E-state index contributed by atoms with van der Waals surface area (Å²) in [6, 6.07) is 1.82. The molecule has 0 saturated heterocycles. The molecular weight excluding hydrogens is 312 g/mol. The van der Waals surface area contributed by atoms with Gasteiger partial charge in [0.2, 0.25) is 5.82 Å². The van der Waals surface area contributed by atoms with E-state index in [1.807, 2.05) is 13.0 Å². The van der Waals surface area contributed by atoms with Crippen LogP contribution in [0.5, 0.6) is 0 Å². The Morgan fingerprint density at radius 2 is 2.30 bits per heavy atom. The van der Waals surface area contributed by atoms with E-state index in [2.05, 4.69) is 32.3 Å². The number of thiazole rings is 1. The van der Waals surface area contributed by atoms with Crippen molar-refractivity contribution in [2.24, 2.45) is 5.92 Å². The molecule has 23 heavy (non-hydrogen) atoms. The summed E-state index contributed by atoms with van der Waals surface area (Å²) in [5.41, 5.74) is 1.99. The minimum Gasteiger partial charge on any atom is -0.295 e. The molecule has 0 aliphatic heterocycles. The van der Waals surface area contributed by atoms with Crippen molar-refractivity contribution in [3.63, 3.8) is 0 Å². The van der Waals surface area contributed by atoms with Gasteiger partial charge in [0.05, 0.1) is 5.69 Å². The highest BCUT2D eigenvalue weighted by Gasteiger charge is 2.22. The summed E-state index contributed by atoms with van der Waals surface area (Å²) in [6.07, 6.45) is 4.83. The van der Waals surface area contributed by atoms with Crippen LogP contribution < -0.4 is 5.32 Å². The van der Waals surface area contributed by atoms with Crippen LogP contribution in [-0.4, -0.2) is 30.5 Å². The maximum atomic E-state index is 12.4. The molecule has 1 aliphatic carbocycles. The fourth-order valence-corrected chi connectivity index (χ4v) is 3.92. The van der Waals surface area contributed by atoms with E-state index in [0.29, 0.717) is 16.8 Å². The summed E-state index contributed by atoms with van der Waals surface area (Å²) in [4.78, 5) is 26.4. The van der Waals surface area contributed by atoms with Crippen LogP contribution in [0.3, 0.4) is 0 Å². The molecule has 0 fully saturated rings. The molecule has 7 nitrogen and oxygen atoms in total. The Morgan fingerprint density at radius 1 is 1.43 bits per heavy atom. The highest BCUT2D eigenvalue weighted by atomic mass is 32.1. The Morgan fingerprint density at radius 3 is 3.13 bits per heavy atom. The van der Waals surface area contributed by atoms with E-state index >= 15 is 0 Å². The molecule has 4 rings (SSSR count). The summed E-state index contributed by atoms with van der Waals surface area (Å²) in [5, 5.41) is 7.65. The molecule has 118 valence electrons. The van der Waals surface area contributed by atoms with Gasteiger partial charge < -0.3 is 0 Å². The summed E-state index contributed by atoms with van der Waals surface area (Å²) < 4.78 is 1.56. The molecule has 1 amide bonds. The summed E-state index contributed by atoms with van der Waals surface area (Å²) >= 11 is 1.55. The number of fused-ring (bicyclic) bond motifs is 2. The maximum Gasteiger partial charge on any atom is 0.297 e. The first kappa shape index (κ1) is 14.3. The molecule has 3 aromatic heterocycles. The van der Waals surface area contributed by atoms with E-state index in [1.54, 1.807) is 22.0 Å². The quantitative estimate of drug-likeness (QED) is 0.780. The molecular formula is C15H16N6OS. The predicted octanol–water partition coefficient (Wildman–Crippen LogP) is 2.27. The lowest BCUT2D eigenvalue weighted by atomic mass is 9.93. The number of nitrogens with one attached hydrogen (secondary N) is 1. The maximum absolute atomic E-state index is 12.4. The van der Waals surface area contributed by atoms with Crippen LogP contribution in [-0.2, 0) is 12.8 Å². The van der Waals surface area contributed by atoms with Gasteiger partial charge in [-0.1, -0.05) is 6.92 Å². The highest BCUT2D eigenvalue weighted by molar-refractivity contribution is 7.15. The zero-order valence-corrected chi connectivity index (χ0v) is 13.7. The Hall–Kier alpha value is -2.35. The van der Waals surface area contributed by atoms with Crippen molar-refractivity contribution in [3.05, 3.63) is 34.4 Å². The first-order valence-electron chi connectivity index (χ1n) is 7.58. The molecule has 0 radical (unpaired) electrons. The third-order valence-electron chi connectivity index (χ3n) is 4.04. The summed E-state index contributed by atoms with van der Waals surface area (Å²) in [5.74, 6) is 0.852. The van der Waals surface area contributed by atoms with Crippen LogP contribution in [0.25, 0.3) is 5.78 Å². The second kappa shape index (κ2) is 5.38. The normalized spacial score (nSPS) is 17.2. The zero-order valence-electron chi connectivity index (χ0n) is 12.9. The van der Waals surface area contributed by atoms with E-state index in [9.17, 15) is 4.79 Å². The van der Waals surface area contributed by atoms with E-state index in [4.69, 9.17) is 0 Å². The van der Waals surface area contributed by atoms with Crippen LogP contribution >= 0.6 is 11.3 Å². The lowest BCUT2D eigenvalue weighted by Crippen LogP contribution is -2.14. The van der Waals surface area contributed by atoms with Gasteiger partial charge in [-0.3, -0.25) is 10.1 Å². The van der Waals surface area contributed by atoms with Gasteiger partial charge in [0.1, 0.15) is 0 Å². The number of amides is 1. The van der Waals surface area contributed by atoms with Crippen LogP contribution in [0.1, 0.15) is 40.2 Å². The topological polar surface area (TPSA) is 85.1 Å². The van der Waals surface area contributed by atoms with Crippen molar-refractivity contribution in [2.75, 3.05) is 5.32 Å². The predicted molar refractivity (Wildman–Crippen MR) is 86.8 cm³/mol. The average molecular weight is 328 g/mol. The van der Waals surface area contributed by atoms with Gasteiger partial charge in [0.25, 0.3) is 11.7 Å². The number of rotatable bonds is 2. The number of carbonyl (C=O) groups excluding carboxylic acids is 1. The van der Waals surface area contributed by atoms with Gasteiger partial charge in [0, 0.05) is 16.8 Å². The zero-order chi connectivity index (χ0) is 16.0. The Kier molecular flexibility index (Phi) is 3.33. The fraction of sp³-hybridized carbons (Fsp3) is 0.400. The fourth-order valence-electron chi connectivity index (χ4n) is 2.75. The molecule has 0 bridgehead atoms. The largest absolute Gasteiger partial charge is 0.297 e. The average Bonchev–Trinajstić information content (AvgIpc) is 3.11. The molecule has 1 atom stereocenters. The smallest absolute Gasteiger partial charge is 0.295 e. The number of nitrogens with zero attached hydrogens (tertiary/aromatic N) is 5. The molecule has 0 unspecified atom stereocenters. The molecule has 1 aliphatic rings. The first-order chi connectivity index (χ1) is 11.1. The summed E-state index contributed by atoms with van der Waals surface area (Å²) in [6.45, 7) is 4.14. The first-order valence-corrected chi connectivity index (χ1v) is 8.40.